The van der Waals surface area contributed by atoms with Crippen LogP contribution in [0, 0.1) is 0 Å². The van der Waals surface area contributed by atoms with E-state index in [9.17, 15) is 0 Å². The molecule has 0 saturated carbocycles. The van der Waals surface area contributed by atoms with Gasteiger partial charge >= 0.3 is 0 Å². The normalized spacial score (nSPS) is 11.0. The number of nitrogens with one attached hydrogen (secondary N) is 1. The lowest BCUT2D eigenvalue weighted by molar-refractivity contribution is 0.883. The molecule has 1 aromatic carbocycles. The number of nitrogens with zero attached hydrogens (tertiary/aromatic N) is 3. The topological polar surface area (TPSA) is 50.7 Å². The first-order chi connectivity index (χ1) is 10.7. The van der Waals surface area contributed by atoms with E-state index in [0.717, 1.165) is 25.9 Å². The van der Waals surface area contributed by atoms with Gasteiger partial charge < -0.3 is 5.32 Å². The van der Waals surface area contributed by atoms with Crippen molar-refractivity contribution in [3.63, 3.8) is 0 Å². The summed E-state index contributed by atoms with van der Waals surface area (Å²) in [6.07, 6.45) is 0. The van der Waals surface area contributed by atoms with E-state index in [1.165, 1.54) is 5.56 Å². The highest BCUT2D eigenvalue weighted by Crippen LogP contribution is 2.30. The van der Waals surface area contributed by atoms with Crippen molar-refractivity contribution in [1.29, 1.82) is 0 Å². The summed E-state index contributed by atoms with van der Waals surface area (Å²) in [6.45, 7) is 4.18. The van der Waals surface area contributed by atoms with Gasteiger partial charge in [0.2, 0.25) is 5.13 Å². The van der Waals surface area contributed by atoms with Gasteiger partial charge in [-0.25, -0.2) is 4.98 Å². The first-order valence-electron chi connectivity index (χ1n) is 6.93. The molecule has 0 aliphatic carbocycles. The van der Waals surface area contributed by atoms with Gasteiger partial charge in [-0.2, -0.15) is 0 Å². The summed E-state index contributed by atoms with van der Waals surface area (Å²) in [4.78, 5) is 4.69. The monoisotopic (exact) mass is 348 g/mol. The molecule has 1 N–H and O–H groups in total. The number of anilines is 1. The molecule has 114 valence electrons. The molecule has 4 nitrogen and oxygen atoms in total. The minimum absolute atomic E-state index is 0.373. The highest BCUT2D eigenvalue weighted by Gasteiger charge is 2.08. The molecule has 0 amide bonds. The van der Waals surface area contributed by atoms with Crippen LogP contribution in [0.25, 0.3) is 10.6 Å². The van der Waals surface area contributed by atoms with Gasteiger partial charge in [0.15, 0.2) is 4.34 Å². The lowest BCUT2D eigenvalue weighted by atomic mass is 10.2. The maximum absolute atomic E-state index is 4.69. The van der Waals surface area contributed by atoms with E-state index in [1.807, 2.05) is 18.2 Å². The van der Waals surface area contributed by atoms with E-state index in [-0.39, 0.29) is 0 Å². The Morgan fingerprint density at radius 2 is 2.00 bits per heavy atom. The van der Waals surface area contributed by atoms with Crippen molar-refractivity contribution in [2.75, 3.05) is 5.32 Å². The zero-order valence-electron chi connectivity index (χ0n) is 12.3. The molecular formula is C15H16N4S3. The predicted molar refractivity (Wildman–Crippen MR) is 95.8 cm³/mol. The van der Waals surface area contributed by atoms with Crippen molar-refractivity contribution < 1.29 is 0 Å². The number of thiazole rings is 1. The number of rotatable bonds is 6. The molecule has 0 spiro atoms. The molecule has 22 heavy (non-hydrogen) atoms. The van der Waals surface area contributed by atoms with Crippen molar-refractivity contribution in [2.45, 2.75) is 30.0 Å². The molecule has 0 aliphatic heterocycles. The van der Waals surface area contributed by atoms with Crippen molar-refractivity contribution in [3.05, 3.63) is 41.4 Å². The van der Waals surface area contributed by atoms with Crippen LogP contribution >= 0.6 is 34.4 Å². The fourth-order valence-electron chi connectivity index (χ4n) is 1.80. The minimum atomic E-state index is 0.373. The highest BCUT2D eigenvalue weighted by molar-refractivity contribution is 8.00. The number of benzene rings is 1. The lowest BCUT2D eigenvalue weighted by Crippen LogP contribution is -2.08. The Morgan fingerprint density at radius 1 is 1.18 bits per heavy atom. The summed E-state index contributed by atoms with van der Waals surface area (Å²) in [5, 5.41) is 15.7. The van der Waals surface area contributed by atoms with Crippen molar-refractivity contribution in [1.82, 2.24) is 15.2 Å². The van der Waals surface area contributed by atoms with Gasteiger partial charge in [-0.1, -0.05) is 53.4 Å². The van der Waals surface area contributed by atoms with Crippen LogP contribution in [0.3, 0.4) is 0 Å². The van der Waals surface area contributed by atoms with Gasteiger partial charge in [0.25, 0.3) is 0 Å². The number of hydrogen-bond donors (Lipinski definition) is 1. The van der Waals surface area contributed by atoms with Gasteiger partial charge in [0.05, 0.1) is 5.69 Å². The maximum Gasteiger partial charge on any atom is 0.206 e. The molecule has 7 heteroatoms. The lowest BCUT2D eigenvalue weighted by Gasteiger charge is -2.02. The van der Waals surface area contributed by atoms with E-state index in [1.54, 1.807) is 34.4 Å². The summed E-state index contributed by atoms with van der Waals surface area (Å²) in [6, 6.07) is 10.6. The van der Waals surface area contributed by atoms with Crippen LogP contribution in [0.1, 0.15) is 19.5 Å². The predicted octanol–water partition coefficient (Wildman–Crippen LogP) is 4.77. The highest BCUT2D eigenvalue weighted by atomic mass is 32.2. The molecule has 0 atom stereocenters. The Morgan fingerprint density at radius 3 is 2.77 bits per heavy atom. The Kier molecular flexibility index (Phi) is 5.07. The average molecular weight is 349 g/mol. The molecule has 3 aromatic rings. The second-order valence-corrected chi connectivity index (χ2v) is 8.03. The minimum Gasteiger partial charge on any atom is -0.358 e. The summed E-state index contributed by atoms with van der Waals surface area (Å²) in [5.74, 6) is 0.819. The second-order valence-electron chi connectivity index (χ2n) is 4.97. The van der Waals surface area contributed by atoms with E-state index >= 15 is 0 Å². The fourth-order valence-corrected chi connectivity index (χ4v) is 4.52. The van der Waals surface area contributed by atoms with Crippen LogP contribution in [0.2, 0.25) is 0 Å². The molecule has 2 aromatic heterocycles. The second kappa shape index (κ2) is 7.21. The van der Waals surface area contributed by atoms with Gasteiger partial charge in [-0.15, -0.1) is 21.5 Å². The van der Waals surface area contributed by atoms with E-state index in [2.05, 4.69) is 51.9 Å². The summed E-state index contributed by atoms with van der Waals surface area (Å²) >= 11 is 4.95. The fraction of sp³-hybridized carbons (Fsp3) is 0.267. The average Bonchev–Trinajstić information content (AvgIpc) is 3.15. The Balaban J connectivity index is 1.60. The molecule has 0 unspecified atom stereocenters. The quantitative estimate of drug-likeness (QED) is 0.650. The van der Waals surface area contributed by atoms with Gasteiger partial charge in [-0.05, 0) is 13.8 Å². The standard InChI is InChI=1S/C15H16N4S3/c1-10(2)16-14-18-19-15(22-14)21-9-12-8-20-13(17-12)11-6-4-3-5-7-11/h3-8,10H,9H2,1-2H3,(H,16,18). The molecule has 3 rings (SSSR count). The van der Waals surface area contributed by atoms with Crippen LogP contribution in [0.5, 0.6) is 0 Å². The smallest absolute Gasteiger partial charge is 0.206 e. The molecule has 0 fully saturated rings. The van der Waals surface area contributed by atoms with Crippen LogP contribution in [0.15, 0.2) is 40.1 Å². The van der Waals surface area contributed by atoms with Crippen LogP contribution < -0.4 is 5.32 Å². The van der Waals surface area contributed by atoms with E-state index < -0.39 is 0 Å². The van der Waals surface area contributed by atoms with Gasteiger partial charge in [0, 0.05) is 22.7 Å². The molecule has 0 aliphatic rings. The Hall–Kier alpha value is -1.44. The summed E-state index contributed by atoms with van der Waals surface area (Å²) in [5.41, 5.74) is 2.26. The van der Waals surface area contributed by atoms with Crippen LogP contribution in [-0.4, -0.2) is 21.2 Å². The number of hydrogen-bond acceptors (Lipinski definition) is 7. The molecular weight excluding hydrogens is 332 g/mol. The first kappa shape index (κ1) is 15.5. The third-order valence-corrected chi connectivity index (χ3v) is 5.70. The SMILES string of the molecule is CC(C)Nc1nnc(SCc2csc(-c3ccccc3)n2)s1. The van der Waals surface area contributed by atoms with Gasteiger partial charge in [-0.3, -0.25) is 0 Å². The zero-order chi connectivity index (χ0) is 15.4. The third-order valence-electron chi connectivity index (χ3n) is 2.73. The largest absolute Gasteiger partial charge is 0.358 e. The van der Waals surface area contributed by atoms with Crippen molar-refractivity contribution in [3.8, 4) is 10.6 Å². The Bertz CT molecular complexity index is 721. The summed E-state index contributed by atoms with van der Waals surface area (Å²) in [7, 11) is 0. The summed E-state index contributed by atoms with van der Waals surface area (Å²) < 4.78 is 0.970. The van der Waals surface area contributed by atoms with Crippen molar-refractivity contribution in [2.24, 2.45) is 0 Å². The number of aromatic nitrogens is 3. The van der Waals surface area contributed by atoms with Crippen LogP contribution in [-0.2, 0) is 5.75 Å². The first-order valence-corrected chi connectivity index (χ1v) is 9.61. The molecule has 0 radical (unpaired) electrons. The van der Waals surface area contributed by atoms with E-state index in [4.69, 9.17) is 0 Å². The van der Waals surface area contributed by atoms with Crippen LogP contribution in [0.4, 0.5) is 5.13 Å². The Labute approximate surface area is 142 Å². The number of thioether (sulfide) groups is 1. The van der Waals surface area contributed by atoms with E-state index in [0.29, 0.717) is 6.04 Å². The maximum atomic E-state index is 4.69. The molecule has 2 heterocycles. The zero-order valence-corrected chi connectivity index (χ0v) is 14.8. The van der Waals surface area contributed by atoms with Crippen molar-refractivity contribution >= 4 is 39.6 Å². The molecule has 0 saturated heterocycles. The van der Waals surface area contributed by atoms with Gasteiger partial charge in [0.1, 0.15) is 5.01 Å². The molecule has 0 bridgehead atoms. The third kappa shape index (κ3) is 4.06.